The number of aliphatic hydroxyl groups is 1. The summed E-state index contributed by atoms with van der Waals surface area (Å²) in [6.07, 6.45) is 0.857. The van der Waals surface area contributed by atoms with Crippen LogP contribution in [0.5, 0.6) is 0 Å². The van der Waals surface area contributed by atoms with Crippen LogP contribution < -0.4 is 0 Å². The molecule has 6 heteroatoms. The van der Waals surface area contributed by atoms with Crippen molar-refractivity contribution in [2.24, 2.45) is 35.5 Å². The van der Waals surface area contributed by atoms with Crippen molar-refractivity contribution < 1.29 is 28.9 Å². The van der Waals surface area contributed by atoms with Crippen LogP contribution in [-0.4, -0.2) is 43.7 Å². The minimum Gasteiger partial charge on any atom is -0.463 e. The minimum atomic E-state index is -0.461. The van der Waals surface area contributed by atoms with E-state index in [9.17, 15) is 9.59 Å². The van der Waals surface area contributed by atoms with Crippen LogP contribution in [0.15, 0.2) is 0 Å². The molecule has 0 aromatic rings. The molecule has 2 rings (SSSR count). The quantitative estimate of drug-likeness (QED) is 0.432. The number of ether oxygens (including phenoxy) is 3. The third kappa shape index (κ3) is 3.13. The van der Waals surface area contributed by atoms with E-state index in [2.05, 4.69) is 13.8 Å². The smallest absolute Gasteiger partial charge is 0.312 e. The van der Waals surface area contributed by atoms with Gasteiger partial charge in [-0.3, -0.25) is 9.59 Å². The van der Waals surface area contributed by atoms with Gasteiger partial charge < -0.3 is 19.3 Å². The highest BCUT2D eigenvalue weighted by Gasteiger charge is 2.60. The lowest BCUT2D eigenvalue weighted by Gasteiger charge is -2.35. The van der Waals surface area contributed by atoms with E-state index >= 15 is 0 Å². The fourth-order valence-corrected chi connectivity index (χ4v) is 4.17. The normalized spacial score (nSPS) is 36.4. The Bertz CT molecular complexity index is 409. The van der Waals surface area contributed by atoms with Gasteiger partial charge in [0, 0.05) is 6.61 Å². The van der Waals surface area contributed by atoms with Crippen molar-refractivity contribution >= 4 is 11.9 Å². The van der Waals surface area contributed by atoms with E-state index in [1.165, 1.54) is 0 Å². The third-order valence-corrected chi connectivity index (χ3v) is 5.40. The van der Waals surface area contributed by atoms with E-state index in [0.29, 0.717) is 18.4 Å². The highest BCUT2D eigenvalue weighted by molar-refractivity contribution is 5.84. The van der Waals surface area contributed by atoms with Crippen molar-refractivity contribution in [3.05, 3.63) is 0 Å². The summed E-state index contributed by atoms with van der Waals surface area (Å²) >= 11 is 0. The Labute approximate surface area is 131 Å². The van der Waals surface area contributed by atoms with Gasteiger partial charge in [0.25, 0.3) is 0 Å². The van der Waals surface area contributed by atoms with Crippen molar-refractivity contribution in [3.63, 3.8) is 0 Å². The molecule has 0 radical (unpaired) electrons. The second-order valence-electron chi connectivity index (χ2n) is 6.30. The Morgan fingerprint density at radius 1 is 1.05 bits per heavy atom. The van der Waals surface area contributed by atoms with Crippen LogP contribution in [0.25, 0.3) is 0 Å². The molecule has 0 heterocycles. The molecule has 0 aromatic heterocycles. The van der Waals surface area contributed by atoms with Gasteiger partial charge in [0.05, 0.1) is 18.4 Å². The summed E-state index contributed by atoms with van der Waals surface area (Å²) in [6, 6.07) is 0. The van der Waals surface area contributed by atoms with E-state index in [1.54, 1.807) is 0 Å². The molecule has 1 N–H and O–H groups in total. The molecule has 0 amide bonds. The number of carbonyl (C=O) groups excluding carboxylic acids is 2. The lowest BCUT2D eigenvalue weighted by atomic mass is 9.69. The summed E-state index contributed by atoms with van der Waals surface area (Å²) in [6.45, 7) is 6.24. The average Bonchev–Trinajstić information content (AvgIpc) is 3.02. The molecule has 2 aliphatic carbocycles. The number of rotatable bonds is 7. The average molecular weight is 314 g/mol. The Hall–Kier alpha value is -1.14. The Morgan fingerprint density at radius 2 is 1.59 bits per heavy atom. The van der Waals surface area contributed by atoms with Crippen molar-refractivity contribution in [1.29, 1.82) is 0 Å². The number of esters is 2. The molecule has 126 valence electrons. The maximum Gasteiger partial charge on any atom is 0.312 e. The molecule has 6 nitrogen and oxygen atoms in total. The molecule has 22 heavy (non-hydrogen) atoms. The van der Waals surface area contributed by atoms with E-state index in [4.69, 9.17) is 19.3 Å². The Balaban J connectivity index is 2.09. The number of aliphatic hydroxyl groups excluding tert-OH is 1. The Morgan fingerprint density at radius 3 is 2.09 bits per heavy atom. The molecule has 0 aromatic carbocycles. The summed E-state index contributed by atoms with van der Waals surface area (Å²) in [5, 5.41) is 8.82. The van der Waals surface area contributed by atoms with Gasteiger partial charge in [0.15, 0.2) is 6.79 Å². The second-order valence-corrected chi connectivity index (χ2v) is 6.30. The topological polar surface area (TPSA) is 82.1 Å². The van der Waals surface area contributed by atoms with Crippen molar-refractivity contribution in [2.75, 3.05) is 26.6 Å². The third-order valence-electron chi connectivity index (χ3n) is 5.40. The molecule has 6 unspecified atom stereocenters. The zero-order chi connectivity index (χ0) is 16.3. The Kier molecular flexibility index (Phi) is 5.81. The maximum atomic E-state index is 12.4. The number of hydrogen-bond acceptors (Lipinski definition) is 6. The second kappa shape index (κ2) is 7.42. The largest absolute Gasteiger partial charge is 0.463 e. The minimum absolute atomic E-state index is 0.0304. The molecule has 6 atom stereocenters. The molecule has 0 spiro atoms. The standard InChI is InChI=1S/C16H26O6/c1-4-20-8-22-16(19)14-12-7-11(9(2)10(12)3)13(14)15(18)21-6-5-17/h9-14,17H,4-8H2,1-3H3. The zero-order valence-electron chi connectivity index (χ0n) is 13.5. The van der Waals surface area contributed by atoms with Gasteiger partial charge in [-0.15, -0.1) is 0 Å². The van der Waals surface area contributed by atoms with E-state index in [-0.39, 0.29) is 37.8 Å². The first-order valence-electron chi connectivity index (χ1n) is 8.04. The predicted octanol–water partition coefficient (Wildman–Crippen LogP) is 1.21. The SMILES string of the molecule is CCOCOC(=O)C1C2CC(C(C)C2C)C1C(=O)OCCO. The summed E-state index contributed by atoms with van der Waals surface area (Å²) in [7, 11) is 0. The highest BCUT2D eigenvalue weighted by Crippen LogP contribution is 2.58. The predicted molar refractivity (Wildman–Crippen MR) is 77.5 cm³/mol. The zero-order valence-corrected chi connectivity index (χ0v) is 13.5. The van der Waals surface area contributed by atoms with Crippen LogP contribution in [0, 0.1) is 35.5 Å². The van der Waals surface area contributed by atoms with Gasteiger partial charge in [-0.2, -0.15) is 0 Å². The number of fused-ring (bicyclic) bond motifs is 2. The van der Waals surface area contributed by atoms with Crippen LogP contribution in [0.3, 0.4) is 0 Å². The monoisotopic (exact) mass is 314 g/mol. The number of hydrogen-bond donors (Lipinski definition) is 1. The van der Waals surface area contributed by atoms with Crippen molar-refractivity contribution in [1.82, 2.24) is 0 Å². The molecular weight excluding hydrogens is 288 g/mol. The van der Waals surface area contributed by atoms with Crippen LogP contribution in [-0.2, 0) is 23.8 Å². The van der Waals surface area contributed by atoms with Gasteiger partial charge in [0.2, 0.25) is 0 Å². The first-order valence-corrected chi connectivity index (χ1v) is 8.04. The van der Waals surface area contributed by atoms with Gasteiger partial charge in [0.1, 0.15) is 6.61 Å². The van der Waals surface area contributed by atoms with E-state index in [1.807, 2.05) is 6.92 Å². The summed E-state index contributed by atoms with van der Waals surface area (Å²) in [4.78, 5) is 24.7. The molecule has 2 saturated carbocycles. The first kappa shape index (κ1) is 17.2. The fourth-order valence-electron chi connectivity index (χ4n) is 4.17. The van der Waals surface area contributed by atoms with Gasteiger partial charge in [-0.25, -0.2) is 0 Å². The van der Waals surface area contributed by atoms with E-state index < -0.39 is 17.8 Å². The lowest BCUT2D eigenvalue weighted by molar-refractivity contribution is -0.173. The van der Waals surface area contributed by atoms with Gasteiger partial charge >= 0.3 is 11.9 Å². The van der Waals surface area contributed by atoms with Gasteiger partial charge in [-0.05, 0) is 37.0 Å². The van der Waals surface area contributed by atoms with Crippen molar-refractivity contribution in [3.8, 4) is 0 Å². The van der Waals surface area contributed by atoms with Gasteiger partial charge in [-0.1, -0.05) is 13.8 Å². The molecule has 2 bridgehead atoms. The van der Waals surface area contributed by atoms with Crippen molar-refractivity contribution in [2.45, 2.75) is 27.2 Å². The summed E-state index contributed by atoms with van der Waals surface area (Å²) < 4.78 is 15.3. The summed E-state index contributed by atoms with van der Waals surface area (Å²) in [5.41, 5.74) is 0. The number of carbonyl (C=O) groups is 2. The summed E-state index contributed by atoms with van der Waals surface area (Å²) in [5.74, 6) is -0.607. The van der Waals surface area contributed by atoms with Crippen LogP contribution in [0.2, 0.25) is 0 Å². The maximum absolute atomic E-state index is 12.4. The van der Waals surface area contributed by atoms with Crippen LogP contribution >= 0.6 is 0 Å². The molecule has 2 aliphatic rings. The first-order chi connectivity index (χ1) is 10.5. The molecule has 2 fully saturated rings. The fraction of sp³-hybridized carbons (Fsp3) is 0.875. The van der Waals surface area contributed by atoms with Crippen LogP contribution in [0.4, 0.5) is 0 Å². The molecule has 0 saturated heterocycles. The van der Waals surface area contributed by atoms with E-state index in [0.717, 1.165) is 6.42 Å². The molecular formula is C16H26O6. The highest BCUT2D eigenvalue weighted by atomic mass is 16.7. The lowest BCUT2D eigenvalue weighted by Crippen LogP contribution is -2.42. The van der Waals surface area contributed by atoms with Crippen LogP contribution in [0.1, 0.15) is 27.2 Å². The molecule has 0 aliphatic heterocycles.